The van der Waals surface area contributed by atoms with Crippen LogP contribution in [0.15, 0.2) is 59.3 Å². The molecular formula is C18H23N. The molecule has 1 unspecified atom stereocenters. The van der Waals surface area contributed by atoms with Crippen molar-refractivity contribution in [3.05, 3.63) is 59.3 Å². The molecule has 1 nitrogen and oxygen atoms in total. The van der Waals surface area contributed by atoms with Crippen molar-refractivity contribution in [2.45, 2.75) is 26.2 Å². The summed E-state index contributed by atoms with van der Waals surface area (Å²) in [6, 6.07) is 0. The van der Waals surface area contributed by atoms with E-state index in [9.17, 15) is 0 Å². The van der Waals surface area contributed by atoms with E-state index in [1.807, 2.05) is 0 Å². The summed E-state index contributed by atoms with van der Waals surface area (Å²) in [4.78, 5) is 0. The van der Waals surface area contributed by atoms with Gasteiger partial charge in [-0.15, -0.1) is 0 Å². The van der Waals surface area contributed by atoms with Gasteiger partial charge in [-0.25, -0.2) is 0 Å². The van der Waals surface area contributed by atoms with Crippen molar-refractivity contribution in [2.24, 2.45) is 11.8 Å². The SMILES string of the molecule is C=C1CC2C=C(C3CCNCC3)C=CC2=C/C1=C/C. The quantitative estimate of drug-likeness (QED) is 0.746. The number of hydrogen-bond donors (Lipinski definition) is 1. The molecule has 0 aromatic carbocycles. The molecular weight excluding hydrogens is 230 g/mol. The number of hydrogen-bond acceptors (Lipinski definition) is 1. The number of fused-ring (bicyclic) bond motifs is 1. The lowest BCUT2D eigenvalue weighted by molar-refractivity contribution is 0.422. The zero-order valence-corrected chi connectivity index (χ0v) is 11.8. The average molecular weight is 253 g/mol. The zero-order chi connectivity index (χ0) is 13.2. The number of allylic oxidation sites excluding steroid dienone is 9. The lowest BCUT2D eigenvalue weighted by atomic mass is 9.76. The van der Waals surface area contributed by atoms with Crippen LogP contribution in [-0.2, 0) is 0 Å². The number of rotatable bonds is 1. The molecule has 19 heavy (non-hydrogen) atoms. The molecule has 0 aromatic heterocycles. The van der Waals surface area contributed by atoms with Gasteiger partial charge in [-0.3, -0.25) is 0 Å². The number of nitrogens with one attached hydrogen (secondary N) is 1. The topological polar surface area (TPSA) is 12.0 Å². The Balaban J connectivity index is 1.83. The second-order valence-corrected chi connectivity index (χ2v) is 5.83. The second-order valence-electron chi connectivity index (χ2n) is 5.83. The summed E-state index contributed by atoms with van der Waals surface area (Å²) in [7, 11) is 0. The van der Waals surface area contributed by atoms with Crippen LogP contribution in [0.2, 0.25) is 0 Å². The molecule has 3 aliphatic rings. The van der Waals surface area contributed by atoms with E-state index in [0.717, 1.165) is 12.3 Å². The van der Waals surface area contributed by atoms with Crippen molar-refractivity contribution < 1.29 is 0 Å². The summed E-state index contributed by atoms with van der Waals surface area (Å²) in [5.41, 5.74) is 5.61. The highest BCUT2D eigenvalue weighted by molar-refractivity contribution is 5.52. The molecule has 1 aliphatic heterocycles. The predicted molar refractivity (Wildman–Crippen MR) is 81.9 cm³/mol. The van der Waals surface area contributed by atoms with Gasteiger partial charge in [0.25, 0.3) is 0 Å². The third kappa shape index (κ3) is 2.52. The average Bonchev–Trinajstić information content (AvgIpc) is 2.47. The molecule has 0 bridgehead atoms. The van der Waals surface area contributed by atoms with Crippen molar-refractivity contribution in [1.29, 1.82) is 0 Å². The molecule has 0 saturated carbocycles. The first kappa shape index (κ1) is 12.7. The summed E-state index contributed by atoms with van der Waals surface area (Å²) in [6.45, 7) is 8.65. The van der Waals surface area contributed by atoms with Crippen LogP contribution >= 0.6 is 0 Å². The maximum atomic E-state index is 4.22. The Morgan fingerprint density at radius 1 is 1.21 bits per heavy atom. The van der Waals surface area contributed by atoms with Crippen molar-refractivity contribution >= 4 is 0 Å². The number of piperidine rings is 1. The molecule has 1 atom stereocenters. The summed E-state index contributed by atoms with van der Waals surface area (Å²) >= 11 is 0. The molecule has 0 radical (unpaired) electrons. The molecule has 100 valence electrons. The highest BCUT2D eigenvalue weighted by Crippen LogP contribution is 2.38. The molecule has 1 fully saturated rings. The van der Waals surface area contributed by atoms with E-state index in [1.165, 1.54) is 42.7 Å². The van der Waals surface area contributed by atoms with Crippen LogP contribution in [-0.4, -0.2) is 13.1 Å². The van der Waals surface area contributed by atoms with Crippen LogP contribution in [0.25, 0.3) is 0 Å². The first-order valence-electron chi connectivity index (χ1n) is 7.44. The van der Waals surface area contributed by atoms with Crippen LogP contribution < -0.4 is 5.32 Å². The molecule has 1 N–H and O–H groups in total. The monoisotopic (exact) mass is 253 g/mol. The normalized spacial score (nSPS) is 30.1. The van der Waals surface area contributed by atoms with Crippen LogP contribution in [0.5, 0.6) is 0 Å². The van der Waals surface area contributed by atoms with Crippen LogP contribution in [0.4, 0.5) is 0 Å². The smallest absolute Gasteiger partial charge is 0.00645 e. The minimum Gasteiger partial charge on any atom is -0.317 e. The Kier molecular flexibility index (Phi) is 3.56. The van der Waals surface area contributed by atoms with E-state index >= 15 is 0 Å². The zero-order valence-electron chi connectivity index (χ0n) is 11.8. The van der Waals surface area contributed by atoms with E-state index < -0.39 is 0 Å². The van der Waals surface area contributed by atoms with Gasteiger partial charge in [0, 0.05) is 5.92 Å². The molecule has 1 heteroatoms. The van der Waals surface area contributed by atoms with Gasteiger partial charge >= 0.3 is 0 Å². The Labute approximate surface area is 116 Å². The highest BCUT2D eigenvalue weighted by atomic mass is 14.9. The van der Waals surface area contributed by atoms with Crippen molar-refractivity contribution in [1.82, 2.24) is 5.32 Å². The van der Waals surface area contributed by atoms with Gasteiger partial charge in [0.15, 0.2) is 0 Å². The third-order valence-electron chi connectivity index (χ3n) is 4.61. The Bertz CT molecular complexity index is 496. The molecule has 0 spiro atoms. The van der Waals surface area contributed by atoms with Crippen LogP contribution in [0, 0.1) is 11.8 Å². The standard InChI is InChI=1S/C18H23N/c1-3-14-11-17-5-4-16(12-18(17)10-13(14)2)15-6-8-19-9-7-15/h3-5,11-12,15,18-19H,2,6-10H2,1H3/b14-3-. The lowest BCUT2D eigenvalue weighted by Gasteiger charge is -2.30. The second kappa shape index (κ2) is 5.34. The minimum atomic E-state index is 0.561. The van der Waals surface area contributed by atoms with Crippen molar-refractivity contribution in [2.75, 3.05) is 13.1 Å². The first-order valence-corrected chi connectivity index (χ1v) is 7.44. The van der Waals surface area contributed by atoms with E-state index in [-0.39, 0.29) is 0 Å². The highest BCUT2D eigenvalue weighted by Gasteiger charge is 2.24. The van der Waals surface area contributed by atoms with Crippen molar-refractivity contribution in [3.8, 4) is 0 Å². The third-order valence-corrected chi connectivity index (χ3v) is 4.61. The summed E-state index contributed by atoms with van der Waals surface area (Å²) in [5.74, 6) is 1.32. The summed E-state index contributed by atoms with van der Waals surface area (Å²) < 4.78 is 0. The fourth-order valence-electron chi connectivity index (χ4n) is 3.41. The van der Waals surface area contributed by atoms with Gasteiger partial charge in [0.1, 0.15) is 0 Å². The Hall–Kier alpha value is -1.34. The summed E-state index contributed by atoms with van der Waals surface area (Å²) in [6.07, 6.45) is 15.3. The van der Waals surface area contributed by atoms with Gasteiger partial charge < -0.3 is 5.32 Å². The maximum Gasteiger partial charge on any atom is 0.00645 e. The fourth-order valence-corrected chi connectivity index (χ4v) is 3.41. The maximum absolute atomic E-state index is 4.22. The molecule has 3 rings (SSSR count). The van der Waals surface area contributed by atoms with E-state index in [1.54, 1.807) is 5.57 Å². The molecule has 1 saturated heterocycles. The van der Waals surface area contributed by atoms with Crippen LogP contribution in [0.3, 0.4) is 0 Å². The van der Waals surface area contributed by atoms with Gasteiger partial charge in [0.2, 0.25) is 0 Å². The molecule has 1 heterocycles. The Morgan fingerprint density at radius 2 is 1.95 bits per heavy atom. The van der Waals surface area contributed by atoms with Gasteiger partial charge in [-0.1, -0.05) is 37.0 Å². The molecule has 0 aromatic rings. The minimum absolute atomic E-state index is 0.561. The predicted octanol–water partition coefficient (Wildman–Crippen LogP) is 3.93. The summed E-state index contributed by atoms with van der Waals surface area (Å²) in [5, 5.41) is 3.45. The van der Waals surface area contributed by atoms with Crippen LogP contribution in [0.1, 0.15) is 26.2 Å². The van der Waals surface area contributed by atoms with Crippen molar-refractivity contribution in [3.63, 3.8) is 0 Å². The van der Waals surface area contributed by atoms with Gasteiger partial charge in [-0.05, 0) is 67.5 Å². The first-order chi connectivity index (χ1) is 9.28. The molecule has 2 aliphatic carbocycles. The lowest BCUT2D eigenvalue weighted by Crippen LogP contribution is -2.29. The van der Waals surface area contributed by atoms with Gasteiger partial charge in [-0.2, -0.15) is 0 Å². The molecule has 0 amide bonds. The van der Waals surface area contributed by atoms with E-state index in [0.29, 0.717) is 5.92 Å². The Morgan fingerprint density at radius 3 is 2.68 bits per heavy atom. The largest absolute Gasteiger partial charge is 0.317 e. The van der Waals surface area contributed by atoms with E-state index in [4.69, 9.17) is 0 Å². The fraction of sp³-hybridized carbons (Fsp3) is 0.444. The van der Waals surface area contributed by atoms with Gasteiger partial charge in [0.05, 0.1) is 0 Å². The van der Waals surface area contributed by atoms with E-state index in [2.05, 4.69) is 49.2 Å².